The molecule has 0 aliphatic carbocycles. The zero-order valence-electron chi connectivity index (χ0n) is 7.62. The average molecular weight is 213 g/mol. The van der Waals surface area contributed by atoms with E-state index in [0.717, 1.165) is 0 Å². The molecular weight excluding hydrogens is 204 g/mol. The predicted molar refractivity (Wildman–Crippen MR) is 52.8 cm³/mol. The molecule has 0 radical (unpaired) electrons. The molecule has 0 aliphatic rings. The van der Waals surface area contributed by atoms with Crippen molar-refractivity contribution in [2.75, 3.05) is 13.0 Å². The minimum Gasteiger partial charge on any atom is -0.465 e. The average Bonchev–Trinajstić information content (AvgIpc) is 2.27. The summed E-state index contributed by atoms with van der Waals surface area (Å²) in [5.74, 6) is -0.958. The molecule has 14 heavy (non-hydrogen) atoms. The van der Waals surface area contributed by atoms with E-state index in [1.54, 1.807) is 18.2 Å². The number of benzene rings is 1. The molecule has 0 saturated carbocycles. The van der Waals surface area contributed by atoms with Crippen molar-refractivity contribution in [2.45, 2.75) is 0 Å². The van der Waals surface area contributed by atoms with E-state index >= 15 is 0 Å². The van der Waals surface area contributed by atoms with E-state index in [2.05, 4.69) is 4.74 Å². The summed E-state index contributed by atoms with van der Waals surface area (Å²) in [6, 6.07) is 6.42. The Hall–Kier alpha value is -1.35. The van der Waals surface area contributed by atoms with E-state index in [4.69, 9.17) is 11.6 Å². The van der Waals surface area contributed by atoms with Crippen LogP contribution in [-0.2, 0) is 4.74 Å². The van der Waals surface area contributed by atoms with Gasteiger partial charge in [-0.25, -0.2) is 4.79 Å². The van der Waals surface area contributed by atoms with Crippen LogP contribution in [0.5, 0.6) is 0 Å². The molecule has 1 rings (SSSR count). The maximum atomic E-state index is 11.3. The molecule has 0 bridgehead atoms. The van der Waals surface area contributed by atoms with Crippen LogP contribution < -0.4 is 0 Å². The maximum absolute atomic E-state index is 11.3. The van der Waals surface area contributed by atoms with Gasteiger partial charge < -0.3 is 4.74 Å². The minimum atomic E-state index is -0.529. The molecule has 0 aromatic heterocycles. The van der Waals surface area contributed by atoms with E-state index in [-0.39, 0.29) is 17.2 Å². The summed E-state index contributed by atoms with van der Waals surface area (Å²) in [7, 11) is 1.27. The van der Waals surface area contributed by atoms with Gasteiger partial charge in [-0.15, -0.1) is 11.6 Å². The van der Waals surface area contributed by atoms with Gasteiger partial charge in [-0.05, 0) is 6.07 Å². The van der Waals surface area contributed by atoms with Crippen LogP contribution in [0.25, 0.3) is 0 Å². The van der Waals surface area contributed by atoms with E-state index in [9.17, 15) is 9.59 Å². The van der Waals surface area contributed by atoms with Crippen LogP contribution in [0, 0.1) is 0 Å². The number of Topliss-reactive ketones (excluding diaryl/α,β-unsaturated/α-hetero) is 1. The Morgan fingerprint density at radius 1 is 1.29 bits per heavy atom. The molecule has 0 aliphatic heterocycles. The van der Waals surface area contributed by atoms with Crippen LogP contribution >= 0.6 is 11.6 Å². The third kappa shape index (κ3) is 2.12. The second kappa shape index (κ2) is 4.77. The summed E-state index contributed by atoms with van der Waals surface area (Å²) in [5.41, 5.74) is 0.551. The molecular formula is C10H9ClO3. The van der Waals surface area contributed by atoms with Gasteiger partial charge in [0.1, 0.15) is 0 Å². The monoisotopic (exact) mass is 212 g/mol. The number of carbonyl (C=O) groups is 2. The summed E-state index contributed by atoms with van der Waals surface area (Å²) in [6.45, 7) is 0. The van der Waals surface area contributed by atoms with Crippen molar-refractivity contribution in [1.82, 2.24) is 0 Å². The molecule has 74 valence electrons. The number of ether oxygens (including phenoxy) is 1. The van der Waals surface area contributed by atoms with Gasteiger partial charge in [0.05, 0.1) is 18.6 Å². The largest absolute Gasteiger partial charge is 0.465 e. The smallest absolute Gasteiger partial charge is 0.338 e. The maximum Gasteiger partial charge on any atom is 0.338 e. The van der Waals surface area contributed by atoms with Crippen LogP contribution in [0.4, 0.5) is 0 Å². The van der Waals surface area contributed by atoms with Crippen LogP contribution in [0.3, 0.4) is 0 Å². The SMILES string of the molecule is COC(=O)c1ccccc1C(=O)CCl. The number of hydrogen-bond donors (Lipinski definition) is 0. The first-order chi connectivity index (χ1) is 6.70. The first kappa shape index (κ1) is 10.7. The molecule has 0 spiro atoms. The molecule has 0 atom stereocenters. The van der Waals surface area contributed by atoms with Gasteiger partial charge in [0.15, 0.2) is 5.78 Å². The fourth-order valence-corrected chi connectivity index (χ4v) is 1.23. The Kier molecular flexibility index (Phi) is 3.65. The summed E-state index contributed by atoms with van der Waals surface area (Å²) < 4.78 is 4.54. The van der Waals surface area contributed by atoms with Gasteiger partial charge in [0.25, 0.3) is 0 Å². The lowest BCUT2D eigenvalue weighted by atomic mass is 10.0. The summed E-state index contributed by atoms with van der Waals surface area (Å²) in [4.78, 5) is 22.6. The molecule has 0 unspecified atom stereocenters. The lowest BCUT2D eigenvalue weighted by Crippen LogP contribution is -2.10. The van der Waals surface area contributed by atoms with Crippen LogP contribution in [0.1, 0.15) is 20.7 Å². The third-order valence-corrected chi connectivity index (χ3v) is 2.00. The lowest BCUT2D eigenvalue weighted by molar-refractivity contribution is 0.0597. The number of methoxy groups -OCH3 is 1. The van der Waals surface area contributed by atoms with Gasteiger partial charge in [0.2, 0.25) is 0 Å². The standard InChI is InChI=1S/C10H9ClO3/c1-14-10(13)8-5-3-2-4-7(8)9(12)6-11/h2-5H,6H2,1H3. The number of ketones is 1. The van der Waals surface area contributed by atoms with Crippen LogP contribution in [0.15, 0.2) is 24.3 Å². The lowest BCUT2D eigenvalue weighted by Gasteiger charge is -2.04. The van der Waals surface area contributed by atoms with Gasteiger partial charge in [0, 0.05) is 5.56 Å². The van der Waals surface area contributed by atoms with Crippen LogP contribution in [-0.4, -0.2) is 24.7 Å². The van der Waals surface area contributed by atoms with E-state index in [1.165, 1.54) is 13.2 Å². The van der Waals surface area contributed by atoms with Crippen molar-refractivity contribution in [3.05, 3.63) is 35.4 Å². The fourth-order valence-electron chi connectivity index (χ4n) is 1.09. The van der Waals surface area contributed by atoms with Gasteiger partial charge in [-0.3, -0.25) is 4.79 Å². The molecule has 0 amide bonds. The van der Waals surface area contributed by atoms with Crippen molar-refractivity contribution >= 4 is 23.4 Å². The summed E-state index contributed by atoms with van der Waals surface area (Å²) in [6.07, 6.45) is 0. The Morgan fingerprint density at radius 2 is 1.86 bits per heavy atom. The second-order valence-electron chi connectivity index (χ2n) is 2.59. The number of alkyl halides is 1. The Bertz CT molecular complexity index is 325. The topological polar surface area (TPSA) is 43.4 Å². The van der Waals surface area contributed by atoms with Crippen LogP contribution in [0.2, 0.25) is 0 Å². The Morgan fingerprint density at radius 3 is 2.36 bits per heavy atom. The highest BCUT2D eigenvalue weighted by molar-refractivity contribution is 6.31. The molecule has 0 N–H and O–H groups in total. The van der Waals surface area contributed by atoms with Crippen molar-refractivity contribution < 1.29 is 14.3 Å². The molecule has 1 aromatic carbocycles. The molecule has 1 aromatic rings. The van der Waals surface area contributed by atoms with E-state index < -0.39 is 5.97 Å². The minimum absolute atomic E-state index is 0.145. The van der Waals surface area contributed by atoms with Crippen molar-refractivity contribution in [3.63, 3.8) is 0 Å². The summed E-state index contributed by atoms with van der Waals surface area (Å²) >= 11 is 5.40. The van der Waals surface area contributed by atoms with Crippen molar-refractivity contribution in [2.24, 2.45) is 0 Å². The number of rotatable bonds is 3. The number of esters is 1. The first-order valence-electron chi connectivity index (χ1n) is 3.97. The number of carbonyl (C=O) groups excluding carboxylic acids is 2. The summed E-state index contributed by atoms with van der Waals surface area (Å²) in [5, 5.41) is 0. The highest BCUT2D eigenvalue weighted by Crippen LogP contribution is 2.11. The van der Waals surface area contributed by atoms with Crippen molar-refractivity contribution in [1.29, 1.82) is 0 Å². The predicted octanol–water partition coefficient (Wildman–Crippen LogP) is 1.89. The Balaban J connectivity index is 3.15. The zero-order valence-corrected chi connectivity index (χ0v) is 8.38. The van der Waals surface area contributed by atoms with E-state index in [0.29, 0.717) is 5.56 Å². The van der Waals surface area contributed by atoms with E-state index in [1.807, 2.05) is 0 Å². The third-order valence-electron chi connectivity index (χ3n) is 1.75. The first-order valence-corrected chi connectivity index (χ1v) is 4.50. The fraction of sp³-hybridized carbons (Fsp3) is 0.200. The molecule has 0 saturated heterocycles. The zero-order chi connectivity index (χ0) is 10.6. The highest BCUT2D eigenvalue weighted by atomic mass is 35.5. The van der Waals surface area contributed by atoms with Gasteiger partial charge in [-0.1, -0.05) is 18.2 Å². The number of halogens is 1. The molecule has 4 heteroatoms. The second-order valence-corrected chi connectivity index (χ2v) is 2.86. The van der Waals surface area contributed by atoms with Gasteiger partial charge >= 0.3 is 5.97 Å². The normalized spacial score (nSPS) is 9.57. The highest BCUT2D eigenvalue weighted by Gasteiger charge is 2.15. The number of hydrogen-bond acceptors (Lipinski definition) is 3. The Labute approximate surface area is 86.6 Å². The molecule has 0 fully saturated rings. The quantitative estimate of drug-likeness (QED) is 0.437. The van der Waals surface area contributed by atoms with Gasteiger partial charge in [-0.2, -0.15) is 0 Å². The van der Waals surface area contributed by atoms with Crippen molar-refractivity contribution in [3.8, 4) is 0 Å². The molecule has 0 heterocycles. The molecule has 3 nitrogen and oxygen atoms in total.